The van der Waals surface area contributed by atoms with Crippen LogP contribution in [0.5, 0.6) is 0 Å². The first-order valence-corrected chi connectivity index (χ1v) is 8.23. The highest BCUT2D eigenvalue weighted by atomic mass is 16.4. The molecule has 0 aromatic carbocycles. The molecule has 5 heteroatoms. The maximum atomic E-state index is 12.6. The van der Waals surface area contributed by atoms with Crippen molar-refractivity contribution < 1.29 is 19.8 Å². The van der Waals surface area contributed by atoms with Crippen LogP contribution in [0.1, 0.15) is 64.2 Å². The number of aliphatic hydroxyl groups excluding tert-OH is 1. The quantitative estimate of drug-likeness (QED) is 0.780. The SMILES string of the molecule is O=C(CC1(C(=O)O)CCCCCC1)N1CCCCC1CO. The van der Waals surface area contributed by atoms with E-state index in [-0.39, 0.29) is 25.0 Å². The molecule has 0 spiro atoms. The van der Waals surface area contributed by atoms with Crippen LogP contribution < -0.4 is 0 Å². The predicted octanol–water partition coefficient (Wildman–Crippen LogP) is 2.18. The van der Waals surface area contributed by atoms with E-state index in [9.17, 15) is 19.8 Å². The first-order valence-electron chi connectivity index (χ1n) is 8.23. The number of carboxylic acid groups (broad SMARTS) is 1. The fourth-order valence-corrected chi connectivity index (χ4v) is 3.78. The van der Waals surface area contributed by atoms with Crippen LogP contribution in [0.2, 0.25) is 0 Å². The third-order valence-corrected chi connectivity index (χ3v) is 5.16. The van der Waals surface area contributed by atoms with Gasteiger partial charge in [-0.25, -0.2) is 0 Å². The van der Waals surface area contributed by atoms with Crippen LogP contribution in [-0.4, -0.2) is 46.2 Å². The Morgan fingerprint density at radius 3 is 2.29 bits per heavy atom. The lowest BCUT2D eigenvalue weighted by Gasteiger charge is -2.37. The number of nitrogens with zero attached hydrogens (tertiary/aromatic N) is 1. The maximum absolute atomic E-state index is 12.6. The lowest BCUT2D eigenvalue weighted by atomic mass is 9.77. The number of carboxylic acids is 1. The molecule has 2 aliphatic rings. The molecule has 1 saturated carbocycles. The molecule has 1 amide bonds. The molecule has 2 N–H and O–H groups in total. The normalized spacial score (nSPS) is 26.1. The van der Waals surface area contributed by atoms with Crippen LogP contribution in [-0.2, 0) is 9.59 Å². The highest BCUT2D eigenvalue weighted by Crippen LogP contribution is 2.39. The molecule has 120 valence electrons. The Hall–Kier alpha value is -1.10. The summed E-state index contributed by atoms with van der Waals surface area (Å²) in [7, 11) is 0. The standard InChI is InChI=1S/C16H27NO4/c18-12-13-7-3-6-10-17(13)14(19)11-16(15(20)21)8-4-1-2-5-9-16/h13,18H,1-12H2,(H,20,21). The van der Waals surface area contributed by atoms with Crippen LogP contribution in [0, 0.1) is 5.41 Å². The van der Waals surface area contributed by atoms with Crippen LogP contribution >= 0.6 is 0 Å². The Morgan fingerprint density at radius 2 is 1.71 bits per heavy atom. The minimum Gasteiger partial charge on any atom is -0.481 e. The van der Waals surface area contributed by atoms with E-state index in [1.165, 1.54) is 0 Å². The molecule has 21 heavy (non-hydrogen) atoms. The molecule has 5 nitrogen and oxygen atoms in total. The van der Waals surface area contributed by atoms with Crippen LogP contribution in [0.4, 0.5) is 0 Å². The van der Waals surface area contributed by atoms with E-state index in [2.05, 4.69) is 0 Å². The summed E-state index contributed by atoms with van der Waals surface area (Å²) in [6, 6.07) is -0.122. The number of carbonyl (C=O) groups excluding carboxylic acids is 1. The van der Waals surface area contributed by atoms with Crippen molar-refractivity contribution >= 4 is 11.9 Å². The molecule has 1 saturated heterocycles. The smallest absolute Gasteiger partial charge is 0.310 e. The van der Waals surface area contributed by atoms with Gasteiger partial charge in [0.15, 0.2) is 0 Å². The van der Waals surface area contributed by atoms with Gasteiger partial charge in [-0.15, -0.1) is 0 Å². The number of likely N-dealkylation sites (tertiary alicyclic amines) is 1. The van der Waals surface area contributed by atoms with Gasteiger partial charge >= 0.3 is 5.97 Å². The number of aliphatic hydroxyl groups is 1. The maximum Gasteiger partial charge on any atom is 0.310 e. The van der Waals surface area contributed by atoms with Gasteiger partial charge in [0.2, 0.25) is 5.91 Å². The van der Waals surface area contributed by atoms with Crippen molar-refractivity contribution in [2.24, 2.45) is 5.41 Å². The van der Waals surface area contributed by atoms with Gasteiger partial charge in [-0.05, 0) is 32.1 Å². The molecule has 1 aliphatic heterocycles. The fraction of sp³-hybridized carbons (Fsp3) is 0.875. The van der Waals surface area contributed by atoms with Crippen LogP contribution in [0.15, 0.2) is 0 Å². The van der Waals surface area contributed by atoms with E-state index < -0.39 is 11.4 Å². The average Bonchev–Trinajstić information content (AvgIpc) is 2.73. The molecule has 0 radical (unpaired) electrons. The van der Waals surface area contributed by atoms with Crippen molar-refractivity contribution in [3.05, 3.63) is 0 Å². The van der Waals surface area contributed by atoms with Crippen LogP contribution in [0.25, 0.3) is 0 Å². The van der Waals surface area contributed by atoms with E-state index >= 15 is 0 Å². The third-order valence-electron chi connectivity index (χ3n) is 5.16. The molecule has 0 aromatic heterocycles. The molecule has 0 aromatic rings. The molecule has 1 atom stereocenters. The molecule has 2 rings (SSSR count). The second-order valence-electron chi connectivity index (χ2n) is 6.60. The van der Waals surface area contributed by atoms with Crippen molar-refractivity contribution in [2.75, 3.05) is 13.2 Å². The number of amides is 1. The van der Waals surface area contributed by atoms with Gasteiger partial charge in [0.25, 0.3) is 0 Å². The average molecular weight is 297 g/mol. The largest absolute Gasteiger partial charge is 0.481 e. The van der Waals surface area contributed by atoms with Crippen LogP contribution in [0.3, 0.4) is 0 Å². The zero-order valence-corrected chi connectivity index (χ0v) is 12.7. The first kappa shape index (κ1) is 16.3. The summed E-state index contributed by atoms with van der Waals surface area (Å²) in [6.07, 6.45) is 8.00. The van der Waals surface area contributed by atoms with E-state index in [0.29, 0.717) is 19.4 Å². The van der Waals surface area contributed by atoms with E-state index in [1.807, 2.05) is 0 Å². The summed E-state index contributed by atoms with van der Waals surface area (Å²) in [4.78, 5) is 26.1. The minimum absolute atomic E-state index is 0.0220. The van der Waals surface area contributed by atoms with E-state index in [4.69, 9.17) is 0 Å². The zero-order valence-electron chi connectivity index (χ0n) is 12.7. The number of piperidine rings is 1. The van der Waals surface area contributed by atoms with E-state index in [1.54, 1.807) is 4.90 Å². The molecular formula is C16H27NO4. The van der Waals surface area contributed by atoms with Gasteiger partial charge < -0.3 is 15.1 Å². The van der Waals surface area contributed by atoms with Crippen molar-refractivity contribution in [1.82, 2.24) is 4.90 Å². The van der Waals surface area contributed by atoms with Gasteiger partial charge in [-0.2, -0.15) is 0 Å². The summed E-state index contributed by atoms with van der Waals surface area (Å²) in [6.45, 7) is 0.631. The lowest BCUT2D eigenvalue weighted by Crippen LogP contribution is -2.48. The topological polar surface area (TPSA) is 77.8 Å². The molecule has 1 unspecified atom stereocenters. The number of rotatable bonds is 4. The van der Waals surface area contributed by atoms with Crippen molar-refractivity contribution in [1.29, 1.82) is 0 Å². The second-order valence-corrected chi connectivity index (χ2v) is 6.60. The van der Waals surface area contributed by atoms with Gasteiger partial charge in [-0.3, -0.25) is 9.59 Å². The summed E-state index contributed by atoms with van der Waals surface area (Å²) in [5, 5.41) is 19.1. The Labute approximate surface area is 126 Å². The number of aliphatic carboxylic acids is 1. The first-order chi connectivity index (χ1) is 10.1. The summed E-state index contributed by atoms with van der Waals surface area (Å²) < 4.78 is 0. The predicted molar refractivity (Wildman–Crippen MR) is 78.8 cm³/mol. The third kappa shape index (κ3) is 3.76. The Kier molecular flexibility index (Phi) is 5.62. The molecule has 1 aliphatic carbocycles. The number of hydrogen-bond acceptors (Lipinski definition) is 3. The molecule has 0 bridgehead atoms. The number of hydrogen-bond donors (Lipinski definition) is 2. The highest BCUT2D eigenvalue weighted by molar-refractivity contribution is 5.85. The monoisotopic (exact) mass is 297 g/mol. The van der Waals surface area contributed by atoms with Crippen molar-refractivity contribution in [3.63, 3.8) is 0 Å². The molecule has 2 fully saturated rings. The molecule has 1 heterocycles. The van der Waals surface area contributed by atoms with Gasteiger partial charge in [0.05, 0.1) is 18.1 Å². The number of carbonyl (C=O) groups is 2. The minimum atomic E-state index is -0.884. The van der Waals surface area contributed by atoms with Gasteiger partial charge in [-0.1, -0.05) is 25.7 Å². The summed E-state index contributed by atoms with van der Waals surface area (Å²) in [5.41, 5.74) is -0.884. The summed E-state index contributed by atoms with van der Waals surface area (Å²) in [5.74, 6) is -0.909. The lowest BCUT2D eigenvalue weighted by molar-refractivity contribution is -0.156. The summed E-state index contributed by atoms with van der Waals surface area (Å²) >= 11 is 0. The zero-order chi connectivity index (χ0) is 15.3. The van der Waals surface area contributed by atoms with Crippen molar-refractivity contribution in [3.8, 4) is 0 Å². The van der Waals surface area contributed by atoms with E-state index in [0.717, 1.165) is 44.9 Å². The Bertz CT molecular complexity index is 374. The van der Waals surface area contributed by atoms with Gasteiger partial charge in [0, 0.05) is 13.0 Å². The highest BCUT2D eigenvalue weighted by Gasteiger charge is 2.42. The van der Waals surface area contributed by atoms with Crippen molar-refractivity contribution in [2.45, 2.75) is 70.3 Å². The molecular weight excluding hydrogens is 270 g/mol. The second kappa shape index (κ2) is 7.25. The Morgan fingerprint density at radius 1 is 1.05 bits per heavy atom. The Balaban J connectivity index is 2.08. The fourth-order valence-electron chi connectivity index (χ4n) is 3.78. The van der Waals surface area contributed by atoms with Gasteiger partial charge in [0.1, 0.15) is 0 Å².